The fourth-order valence-corrected chi connectivity index (χ4v) is 3.75. The minimum Gasteiger partial charge on any atom is -0.493 e. The Bertz CT molecular complexity index is 800. The number of carbonyl (C=O) groups excluding carboxylic acids is 2. The van der Waals surface area contributed by atoms with Crippen LogP contribution in [0.2, 0.25) is 0 Å². The van der Waals surface area contributed by atoms with Crippen LogP contribution in [-0.4, -0.2) is 82.9 Å². The van der Waals surface area contributed by atoms with Crippen LogP contribution >= 0.6 is 0 Å². The third-order valence-corrected chi connectivity index (χ3v) is 5.50. The van der Waals surface area contributed by atoms with Gasteiger partial charge < -0.3 is 23.8 Å². The van der Waals surface area contributed by atoms with Crippen molar-refractivity contribution < 1.29 is 28.5 Å². The van der Waals surface area contributed by atoms with Crippen molar-refractivity contribution in [1.82, 2.24) is 9.80 Å². The molecule has 0 N–H and O–H groups in total. The molecule has 1 heterocycles. The van der Waals surface area contributed by atoms with Gasteiger partial charge >= 0.3 is 0 Å². The maximum absolute atomic E-state index is 13.5. The zero-order valence-electron chi connectivity index (χ0n) is 19.9. The van der Waals surface area contributed by atoms with Gasteiger partial charge in [0.2, 0.25) is 0 Å². The van der Waals surface area contributed by atoms with E-state index in [2.05, 4.69) is 6.92 Å². The van der Waals surface area contributed by atoms with Gasteiger partial charge in [0.25, 0.3) is 11.8 Å². The molecule has 32 heavy (non-hydrogen) atoms. The number of hydrogen-bond donors (Lipinski definition) is 0. The summed E-state index contributed by atoms with van der Waals surface area (Å²) in [5, 5.41) is 0. The molecule has 1 aliphatic rings. The van der Waals surface area contributed by atoms with Gasteiger partial charge in [0.1, 0.15) is 5.70 Å². The molecule has 2 rings (SSSR count). The molecule has 0 unspecified atom stereocenters. The summed E-state index contributed by atoms with van der Waals surface area (Å²) in [5.74, 6) is 0.498. The van der Waals surface area contributed by atoms with E-state index in [-0.39, 0.29) is 11.8 Å². The zero-order valence-corrected chi connectivity index (χ0v) is 19.9. The van der Waals surface area contributed by atoms with Crippen LogP contribution in [0.1, 0.15) is 38.2 Å². The molecule has 0 aliphatic carbocycles. The summed E-state index contributed by atoms with van der Waals surface area (Å²) in [7, 11) is 6.32. The molecule has 1 aliphatic heterocycles. The first-order valence-corrected chi connectivity index (χ1v) is 11.1. The second kappa shape index (κ2) is 13.1. The summed E-state index contributed by atoms with van der Waals surface area (Å²) < 4.78 is 21.3. The molecule has 8 nitrogen and oxygen atoms in total. The van der Waals surface area contributed by atoms with E-state index in [1.54, 1.807) is 46.6 Å². The lowest BCUT2D eigenvalue weighted by Gasteiger charge is -2.25. The molecule has 8 heteroatoms. The van der Waals surface area contributed by atoms with Crippen molar-refractivity contribution in [3.05, 3.63) is 29.5 Å². The van der Waals surface area contributed by atoms with Crippen molar-refractivity contribution in [3.8, 4) is 11.5 Å². The van der Waals surface area contributed by atoms with Crippen LogP contribution < -0.4 is 9.47 Å². The van der Waals surface area contributed by atoms with Crippen LogP contribution in [0.15, 0.2) is 23.9 Å². The summed E-state index contributed by atoms with van der Waals surface area (Å²) in [4.78, 5) is 30.2. The van der Waals surface area contributed by atoms with E-state index in [0.29, 0.717) is 61.2 Å². The first-order valence-electron chi connectivity index (χ1n) is 11.1. The highest BCUT2D eigenvalue weighted by Gasteiger charge is 2.41. The Kier molecular flexibility index (Phi) is 10.5. The summed E-state index contributed by atoms with van der Waals surface area (Å²) in [6, 6.07) is 5.27. The van der Waals surface area contributed by atoms with E-state index >= 15 is 0 Å². The fourth-order valence-electron chi connectivity index (χ4n) is 3.75. The topological polar surface area (TPSA) is 77.5 Å². The Balaban J connectivity index is 2.50. The Labute approximate surface area is 191 Å². The average molecular weight is 449 g/mol. The predicted molar refractivity (Wildman–Crippen MR) is 123 cm³/mol. The van der Waals surface area contributed by atoms with Crippen molar-refractivity contribution >= 4 is 17.4 Å². The van der Waals surface area contributed by atoms with Crippen LogP contribution in [0, 0.1) is 0 Å². The Morgan fingerprint density at radius 3 is 2.06 bits per heavy atom. The molecule has 0 saturated heterocycles. The highest BCUT2D eigenvalue weighted by Crippen LogP contribution is 2.36. The lowest BCUT2D eigenvalue weighted by Crippen LogP contribution is -2.38. The molecule has 0 saturated carbocycles. The maximum Gasteiger partial charge on any atom is 0.277 e. The maximum atomic E-state index is 13.5. The largest absolute Gasteiger partial charge is 0.493 e. The summed E-state index contributed by atoms with van der Waals surface area (Å²) in [6.07, 6.45) is 3.93. The summed E-state index contributed by atoms with van der Waals surface area (Å²) >= 11 is 0. The number of imide groups is 1. The van der Waals surface area contributed by atoms with Gasteiger partial charge in [-0.1, -0.05) is 32.3 Å². The number of methoxy groups -OCH3 is 4. The Hall–Kier alpha value is -2.58. The quantitative estimate of drug-likeness (QED) is 0.302. The van der Waals surface area contributed by atoms with Crippen molar-refractivity contribution in [1.29, 1.82) is 0 Å². The van der Waals surface area contributed by atoms with Gasteiger partial charge in [-0.05, 0) is 24.1 Å². The molecule has 0 spiro atoms. The first kappa shape index (κ1) is 25.7. The zero-order chi connectivity index (χ0) is 23.5. The van der Waals surface area contributed by atoms with Crippen molar-refractivity contribution in [3.63, 3.8) is 0 Å². The lowest BCUT2D eigenvalue weighted by atomic mass is 10.0. The molecule has 1 aromatic rings. The molecular weight excluding hydrogens is 412 g/mol. The van der Waals surface area contributed by atoms with Gasteiger partial charge in [-0.2, -0.15) is 0 Å². The summed E-state index contributed by atoms with van der Waals surface area (Å²) in [6.45, 7) is 4.31. The number of hydrogen-bond acceptors (Lipinski definition) is 7. The van der Waals surface area contributed by atoms with E-state index in [1.807, 2.05) is 4.90 Å². The molecule has 0 atom stereocenters. The SMILES string of the molecule is CCCCCCN1C(=O)C(c2ccc(OC)c(OC)c2)=C(N(CCOC)CCOC)C1=O. The predicted octanol–water partition coefficient (Wildman–Crippen LogP) is 2.96. The fraction of sp³-hybridized carbons (Fsp3) is 0.583. The molecular formula is C24H36N2O6. The number of nitrogens with zero attached hydrogens (tertiary/aromatic N) is 2. The normalized spacial score (nSPS) is 13.8. The van der Waals surface area contributed by atoms with Gasteiger partial charge in [-0.15, -0.1) is 0 Å². The standard InChI is InChI=1S/C24H36N2O6/c1-6-7-8-9-12-26-23(27)21(18-10-11-19(31-4)20(17-18)32-5)22(24(26)28)25(13-15-29-2)14-16-30-3/h10-11,17H,6-9,12-16H2,1-5H3. The number of carbonyl (C=O) groups is 2. The monoisotopic (exact) mass is 448 g/mol. The van der Waals surface area contributed by atoms with Crippen molar-refractivity contribution in [2.24, 2.45) is 0 Å². The van der Waals surface area contributed by atoms with Crippen LogP contribution in [0.3, 0.4) is 0 Å². The van der Waals surface area contributed by atoms with Gasteiger partial charge in [-0.25, -0.2) is 0 Å². The van der Waals surface area contributed by atoms with E-state index in [1.165, 1.54) is 4.90 Å². The molecule has 0 fully saturated rings. The van der Waals surface area contributed by atoms with E-state index in [9.17, 15) is 9.59 Å². The molecule has 178 valence electrons. The number of ether oxygens (including phenoxy) is 4. The smallest absolute Gasteiger partial charge is 0.277 e. The summed E-state index contributed by atoms with van der Waals surface area (Å²) in [5.41, 5.74) is 1.37. The number of amides is 2. The van der Waals surface area contributed by atoms with Crippen LogP contribution in [0.4, 0.5) is 0 Å². The van der Waals surface area contributed by atoms with Crippen molar-refractivity contribution in [2.75, 3.05) is 61.3 Å². The first-order chi connectivity index (χ1) is 15.5. The molecule has 1 aromatic carbocycles. The second-order valence-corrected chi connectivity index (χ2v) is 7.59. The Morgan fingerprint density at radius 1 is 0.844 bits per heavy atom. The third kappa shape index (κ3) is 6.01. The van der Waals surface area contributed by atoms with Gasteiger partial charge in [0.05, 0.1) is 33.0 Å². The average Bonchev–Trinajstić information content (AvgIpc) is 3.06. The molecule has 2 amide bonds. The number of unbranched alkanes of at least 4 members (excludes halogenated alkanes) is 3. The number of benzene rings is 1. The highest BCUT2D eigenvalue weighted by molar-refractivity contribution is 6.35. The highest BCUT2D eigenvalue weighted by atomic mass is 16.5. The lowest BCUT2D eigenvalue weighted by molar-refractivity contribution is -0.137. The van der Waals surface area contributed by atoms with Gasteiger partial charge in [-0.3, -0.25) is 14.5 Å². The molecule has 0 radical (unpaired) electrons. The van der Waals surface area contributed by atoms with Crippen LogP contribution in [0.5, 0.6) is 11.5 Å². The van der Waals surface area contributed by atoms with Gasteiger partial charge in [0.15, 0.2) is 11.5 Å². The molecule has 0 aromatic heterocycles. The number of rotatable bonds is 15. The second-order valence-electron chi connectivity index (χ2n) is 7.59. The van der Waals surface area contributed by atoms with Crippen LogP contribution in [-0.2, 0) is 19.1 Å². The van der Waals surface area contributed by atoms with E-state index < -0.39 is 0 Å². The van der Waals surface area contributed by atoms with E-state index in [4.69, 9.17) is 18.9 Å². The van der Waals surface area contributed by atoms with E-state index in [0.717, 1.165) is 25.7 Å². The third-order valence-electron chi connectivity index (χ3n) is 5.50. The van der Waals surface area contributed by atoms with Crippen LogP contribution in [0.25, 0.3) is 5.57 Å². The van der Waals surface area contributed by atoms with Crippen molar-refractivity contribution in [2.45, 2.75) is 32.6 Å². The molecule has 0 bridgehead atoms. The minimum atomic E-state index is -0.284. The Morgan fingerprint density at radius 2 is 1.50 bits per heavy atom. The minimum absolute atomic E-state index is 0.275. The van der Waals surface area contributed by atoms with Gasteiger partial charge in [0, 0.05) is 33.9 Å².